The molecule has 0 amide bonds. The molecule has 3 nitrogen and oxygen atoms in total. The summed E-state index contributed by atoms with van der Waals surface area (Å²) in [7, 11) is 0. The number of nitrogen functional groups attached to an aromatic ring is 1. The second kappa shape index (κ2) is 5.44. The van der Waals surface area contributed by atoms with Crippen LogP contribution in [0.2, 0.25) is 5.02 Å². The SMILES string of the molecule is CC(C)(C)C(=O)Oc1c(N)cc(Cl)c(C(F)(F)F)c1Br. The number of alkyl halides is 3. The highest BCUT2D eigenvalue weighted by Crippen LogP contribution is 2.46. The number of hydrogen-bond acceptors (Lipinski definition) is 3. The largest absolute Gasteiger partial charge is 0.423 e. The molecule has 0 spiro atoms. The van der Waals surface area contributed by atoms with Gasteiger partial charge in [0.15, 0.2) is 5.75 Å². The van der Waals surface area contributed by atoms with Gasteiger partial charge in [0.2, 0.25) is 0 Å². The van der Waals surface area contributed by atoms with Crippen molar-refractivity contribution in [2.24, 2.45) is 5.41 Å². The van der Waals surface area contributed by atoms with Crippen LogP contribution in [-0.2, 0) is 11.0 Å². The summed E-state index contributed by atoms with van der Waals surface area (Å²) >= 11 is 8.30. The quantitative estimate of drug-likeness (QED) is 0.442. The highest BCUT2D eigenvalue weighted by molar-refractivity contribution is 9.10. The molecular formula is C12H12BrClF3NO2. The summed E-state index contributed by atoms with van der Waals surface area (Å²) < 4.78 is 43.2. The molecule has 0 bridgehead atoms. The number of ether oxygens (including phenoxy) is 1. The van der Waals surface area contributed by atoms with Crippen LogP contribution in [0.15, 0.2) is 10.5 Å². The second-order valence-electron chi connectivity index (χ2n) is 5.10. The maximum absolute atomic E-state index is 12.9. The Kier molecular flexibility index (Phi) is 4.65. The monoisotopic (exact) mass is 373 g/mol. The van der Waals surface area contributed by atoms with E-state index >= 15 is 0 Å². The van der Waals surface area contributed by atoms with E-state index in [1.54, 1.807) is 20.8 Å². The third kappa shape index (κ3) is 3.58. The summed E-state index contributed by atoms with van der Waals surface area (Å²) in [5.74, 6) is -1.10. The first-order chi connectivity index (χ1) is 8.85. The van der Waals surface area contributed by atoms with Gasteiger partial charge >= 0.3 is 12.1 Å². The molecule has 0 heterocycles. The first kappa shape index (κ1) is 17.1. The molecule has 112 valence electrons. The van der Waals surface area contributed by atoms with Crippen LogP contribution in [0.1, 0.15) is 26.3 Å². The van der Waals surface area contributed by atoms with E-state index in [0.717, 1.165) is 6.07 Å². The molecule has 2 N–H and O–H groups in total. The number of benzene rings is 1. The smallest absolute Gasteiger partial charge is 0.419 e. The van der Waals surface area contributed by atoms with E-state index in [2.05, 4.69) is 15.9 Å². The van der Waals surface area contributed by atoms with Crippen LogP contribution >= 0.6 is 27.5 Å². The molecule has 0 aliphatic carbocycles. The van der Waals surface area contributed by atoms with Crippen LogP contribution in [0.25, 0.3) is 0 Å². The highest BCUT2D eigenvalue weighted by Gasteiger charge is 2.38. The summed E-state index contributed by atoms with van der Waals surface area (Å²) in [4.78, 5) is 11.8. The van der Waals surface area contributed by atoms with Gasteiger partial charge < -0.3 is 10.5 Å². The van der Waals surface area contributed by atoms with Gasteiger partial charge in [0.25, 0.3) is 0 Å². The van der Waals surface area contributed by atoms with Crippen molar-refractivity contribution < 1.29 is 22.7 Å². The normalized spacial score (nSPS) is 12.4. The van der Waals surface area contributed by atoms with Crippen molar-refractivity contribution >= 4 is 39.2 Å². The van der Waals surface area contributed by atoms with Gasteiger partial charge in [-0.25, -0.2) is 0 Å². The second-order valence-corrected chi connectivity index (χ2v) is 6.30. The van der Waals surface area contributed by atoms with Crippen molar-refractivity contribution in [2.45, 2.75) is 26.9 Å². The summed E-state index contributed by atoms with van der Waals surface area (Å²) in [5, 5.41) is -0.572. The van der Waals surface area contributed by atoms with E-state index in [9.17, 15) is 18.0 Å². The molecule has 0 radical (unpaired) electrons. The lowest BCUT2D eigenvalue weighted by Gasteiger charge is -2.20. The lowest BCUT2D eigenvalue weighted by Crippen LogP contribution is -2.26. The van der Waals surface area contributed by atoms with Crippen molar-refractivity contribution in [3.8, 4) is 5.75 Å². The summed E-state index contributed by atoms with van der Waals surface area (Å²) in [5.41, 5.74) is 3.39. The molecule has 0 atom stereocenters. The standard InChI is InChI=1S/C12H12BrClF3NO2/c1-11(2,3)10(19)20-9-6(18)4-5(14)7(8(9)13)12(15,16)17/h4H,18H2,1-3H3. The Morgan fingerprint density at radius 1 is 1.35 bits per heavy atom. The number of rotatable bonds is 1. The van der Waals surface area contributed by atoms with E-state index in [4.69, 9.17) is 22.1 Å². The summed E-state index contributed by atoms with van der Waals surface area (Å²) in [6, 6.07) is 0.903. The molecule has 0 aromatic heterocycles. The Morgan fingerprint density at radius 2 is 1.85 bits per heavy atom. The third-order valence-corrected chi connectivity index (χ3v) is 3.35. The predicted octanol–water partition coefficient (Wildman–Crippen LogP) is 4.66. The molecule has 1 aromatic rings. The lowest BCUT2D eigenvalue weighted by molar-refractivity contribution is -0.144. The third-order valence-electron chi connectivity index (χ3n) is 2.29. The first-order valence-electron chi connectivity index (χ1n) is 5.42. The Hall–Kier alpha value is -0.950. The predicted molar refractivity (Wildman–Crippen MR) is 73.7 cm³/mol. The Labute approximate surface area is 127 Å². The van der Waals surface area contributed by atoms with E-state index in [1.165, 1.54) is 0 Å². The lowest BCUT2D eigenvalue weighted by atomic mass is 9.97. The average molecular weight is 375 g/mol. The average Bonchev–Trinajstić information content (AvgIpc) is 2.19. The van der Waals surface area contributed by atoms with Crippen molar-refractivity contribution in [1.82, 2.24) is 0 Å². The van der Waals surface area contributed by atoms with Crippen LogP contribution in [0.5, 0.6) is 5.75 Å². The maximum atomic E-state index is 12.9. The zero-order valence-corrected chi connectivity index (χ0v) is 13.2. The van der Waals surface area contributed by atoms with Crippen LogP contribution in [-0.4, -0.2) is 5.97 Å². The number of carbonyl (C=O) groups excluding carboxylic acids is 1. The van der Waals surface area contributed by atoms with Gasteiger partial charge in [0.05, 0.1) is 26.2 Å². The number of nitrogens with two attached hydrogens (primary N) is 1. The minimum atomic E-state index is -4.70. The molecule has 0 unspecified atom stereocenters. The van der Waals surface area contributed by atoms with Gasteiger partial charge in [-0.3, -0.25) is 4.79 Å². The Bertz CT molecular complexity index is 553. The van der Waals surface area contributed by atoms with Gasteiger partial charge in [0.1, 0.15) is 0 Å². The Balaban J connectivity index is 3.39. The first-order valence-corrected chi connectivity index (χ1v) is 6.59. The van der Waals surface area contributed by atoms with Crippen molar-refractivity contribution in [1.29, 1.82) is 0 Å². The minimum absolute atomic E-state index is 0.160. The van der Waals surface area contributed by atoms with E-state index in [1.807, 2.05) is 0 Å². The van der Waals surface area contributed by atoms with Gasteiger partial charge in [-0.15, -0.1) is 0 Å². The van der Waals surface area contributed by atoms with Crippen LogP contribution in [0, 0.1) is 5.41 Å². The molecule has 0 aliphatic rings. The fraction of sp³-hybridized carbons (Fsp3) is 0.417. The number of hydrogen-bond donors (Lipinski definition) is 1. The fourth-order valence-electron chi connectivity index (χ4n) is 1.23. The molecule has 1 aromatic carbocycles. The molecule has 1 rings (SSSR count). The number of anilines is 1. The molecular weight excluding hydrogens is 362 g/mol. The minimum Gasteiger partial charge on any atom is -0.423 e. The van der Waals surface area contributed by atoms with Gasteiger partial charge in [-0.05, 0) is 42.8 Å². The molecule has 0 saturated carbocycles. The Morgan fingerprint density at radius 3 is 2.25 bits per heavy atom. The molecule has 0 aliphatic heterocycles. The van der Waals surface area contributed by atoms with E-state index in [0.29, 0.717) is 0 Å². The molecule has 8 heteroatoms. The topological polar surface area (TPSA) is 52.3 Å². The van der Waals surface area contributed by atoms with Crippen molar-refractivity contribution in [2.75, 3.05) is 5.73 Å². The maximum Gasteiger partial charge on any atom is 0.419 e. The fourth-order valence-corrected chi connectivity index (χ4v) is 2.41. The van der Waals surface area contributed by atoms with E-state index in [-0.39, 0.29) is 11.4 Å². The summed E-state index contributed by atoms with van der Waals surface area (Å²) in [6.45, 7) is 4.71. The molecule has 0 saturated heterocycles. The van der Waals surface area contributed by atoms with Crippen LogP contribution < -0.4 is 10.5 Å². The van der Waals surface area contributed by atoms with Gasteiger partial charge in [-0.2, -0.15) is 13.2 Å². The van der Waals surface area contributed by atoms with Crippen LogP contribution in [0.3, 0.4) is 0 Å². The van der Waals surface area contributed by atoms with Crippen molar-refractivity contribution in [3.63, 3.8) is 0 Å². The summed E-state index contributed by atoms with van der Waals surface area (Å²) in [6.07, 6.45) is -4.70. The zero-order chi connectivity index (χ0) is 15.9. The van der Waals surface area contributed by atoms with Crippen molar-refractivity contribution in [3.05, 3.63) is 21.1 Å². The highest BCUT2D eigenvalue weighted by atomic mass is 79.9. The van der Waals surface area contributed by atoms with E-state index < -0.39 is 32.6 Å². The van der Waals surface area contributed by atoms with Crippen LogP contribution in [0.4, 0.5) is 18.9 Å². The number of halogens is 5. The van der Waals surface area contributed by atoms with Gasteiger partial charge in [0, 0.05) is 0 Å². The molecule has 0 fully saturated rings. The number of esters is 1. The molecule has 20 heavy (non-hydrogen) atoms. The van der Waals surface area contributed by atoms with Gasteiger partial charge in [-0.1, -0.05) is 11.6 Å². The zero-order valence-electron chi connectivity index (χ0n) is 10.9. The number of carbonyl (C=O) groups is 1.